The minimum absolute atomic E-state index is 0.159. The molecule has 1 aromatic heterocycles. The summed E-state index contributed by atoms with van der Waals surface area (Å²) in [6.07, 6.45) is 1.31. The Balaban J connectivity index is 1.74. The number of nitrogens with one attached hydrogen (secondary N) is 1. The van der Waals surface area contributed by atoms with E-state index in [1.165, 1.54) is 16.6 Å². The van der Waals surface area contributed by atoms with Gasteiger partial charge in [0.15, 0.2) is 5.22 Å². The average molecular weight is 306 g/mol. The van der Waals surface area contributed by atoms with Crippen LogP contribution in [0.15, 0.2) is 16.7 Å². The minimum atomic E-state index is -3.35. The van der Waals surface area contributed by atoms with Gasteiger partial charge in [-0.1, -0.05) is 0 Å². The highest BCUT2D eigenvalue weighted by Gasteiger charge is 2.41. The van der Waals surface area contributed by atoms with Crippen LogP contribution in [0.25, 0.3) is 0 Å². The molecule has 0 bridgehead atoms. The van der Waals surface area contributed by atoms with E-state index in [0.717, 1.165) is 0 Å². The normalized spacial score (nSPS) is 26.4. The summed E-state index contributed by atoms with van der Waals surface area (Å²) < 4.78 is 32.0. The number of furan rings is 1. The molecule has 1 atom stereocenters. The van der Waals surface area contributed by atoms with Crippen molar-refractivity contribution in [3.05, 3.63) is 23.1 Å². The number of fused-ring (bicyclic) bond motifs is 1. The number of piperazine rings is 1. The van der Waals surface area contributed by atoms with Crippen LogP contribution in [-0.4, -0.2) is 55.8 Å². The van der Waals surface area contributed by atoms with E-state index in [2.05, 4.69) is 4.72 Å². The van der Waals surface area contributed by atoms with Gasteiger partial charge in [0.25, 0.3) is 16.1 Å². The van der Waals surface area contributed by atoms with Gasteiger partial charge in [-0.2, -0.15) is 12.7 Å². The Morgan fingerprint density at radius 1 is 1.47 bits per heavy atom. The number of hydrogen-bond donors (Lipinski definition) is 1. The number of carbonyl (C=O) groups excluding carboxylic acids is 1. The Hall–Kier alpha value is -1.09. The largest absolute Gasteiger partial charge is 0.452 e. The van der Waals surface area contributed by atoms with Crippen LogP contribution >= 0.6 is 11.6 Å². The molecule has 7 nitrogen and oxygen atoms in total. The number of carbonyl (C=O) groups is 1. The Morgan fingerprint density at radius 3 is 2.95 bits per heavy atom. The van der Waals surface area contributed by atoms with Gasteiger partial charge in [-0.05, 0) is 11.6 Å². The van der Waals surface area contributed by atoms with Gasteiger partial charge in [-0.3, -0.25) is 4.79 Å². The van der Waals surface area contributed by atoms with Gasteiger partial charge in [-0.15, -0.1) is 0 Å². The highest BCUT2D eigenvalue weighted by atomic mass is 35.5. The van der Waals surface area contributed by atoms with Crippen molar-refractivity contribution in [3.63, 3.8) is 0 Å². The van der Waals surface area contributed by atoms with Crippen molar-refractivity contribution in [2.45, 2.75) is 6.04 Å². The van der Waals surface area contributed by atoms with Crippen LogP contribution in [0.5, 0.6) is 0 Å². The van der Waals surface area contributed by atoms with E-state index >= 15 is 0 Å². The lowest BCUT2D eigenvalue weighted by Gasteiger charge is -2.35. The molecule has 2 saturated heterocycles. The lowest BCUT2D eigenvalue weighted by atomic mass is 10.2. The van der Waals surface area contributed by atoms with Crippen LogP contribution in [0.4, 0.5) is 0 Å². The molecule has 19 heavy (non-hydrogen) atoms. The molecule has 0 aromatic carbocycles. The van der Waals surface area contributed by atoms with E-state index < -0.39 is 10.2 Å². The van der Waals surface area contributed by atoms with Crippen LogP contribution in [0.2, 0.25) is 5.22 Å². The molecule has 2 aliphatic heterocycles. The molecule has 1 aromatic rings. The summed E-state index contributed by atoms with van der Waals surface area (Å²) in [6, 6.07) is 1.25. The zero-order chi connectivity index (χ0) is 13.6. The maximum absolute atomic E-state index is 12.2. The molecule has 3 heterocycles. The second kappa shape index (κ2) is 4.48. The van der Waals surface area contributed by atoms with Gasteiger partial charge in [-0.25, -0.2) is 4.72 Å². The molecule has 0 aliphatic carbocycles. The molecule has 0 radical (unpaired) electrons. The van der Waals surface area contributed by atoms with E-state index in [4.69, 9.17) is 16.0 Å². The number of hydrogen-bond acceptors (Lipinski definition) is 4. The smallest absolute Gasteiger partial charge is 0.279 e. The first-order chi connectivity index (χ1) is 8.97. The molecule has 104 valence electrons. The van der Waals surface area contributed by atoms with Crippen LogP contribution in [0.1, 0.15) is 10.4 Å². The molecule has 3 rings (SSSR count). The summed E-state index contributed by atoms with van der Waals surface area (Å²) in [5.74, 6) is -0.195. The van der Waals surface area contributed by atoms with E-state index in [0.29, 0.717) is 31.7 Å². The average Bonchev–Trinajstić information content (AvgIpc) is 2.93. The highest BCUT2D eigenvalue weighted by Crippen LogP contribution is 2.21. The predicted molar refractivity (Wildman–Crippen MR) is 67.0 cm³/mol. The van der Waals surface area contributed by atoms with Gasteiger partial charge in [0.2, 0.25) is 0 Å². The molecule has 2 fully saturated rings. The summed E-state index contributed by atoms with van der Waals surface area (Å²) in [6.45, 7) is 1.36. The van der Waals surface area contributed by atoms with Gasteiger partial charge < -0.3 is 9.32 Å². The number of halogens is 1. The standard InChI is InChI=1S/C10H12ClN3O4S/c11-9-3-7(6-18-9)10(15)13-1-2-14-8(5-13)4-12-19(14,16)17/h3,6,8,12H,1-2,4-5H2. The van der Waals surface area contributed by atoms with Crippen molar-refractivity contribution >= 4 is 27.7 Å². The third kappa shape index (κ3) is 2.25. The van der Waals surface area contributed by atoms with Crippen molar-refractivity contribution in [2.24, 2.45) is 0 Å². The summed E-state index contributed by atoms with van der Waals surface area (Å²) in [7, 11) is -3.35. The minimum Gasteiger partial charge on any atom is -0.452 e. The first-order valence-corrected chi connectivity index (χ1v) is 7.59. The Kier molecular flexibility index (Phi) is 3.05. The number of nitrogens with zero attached hydrogens (tertiary/aromatic N) is 2. The molecule has 9 heteroatoms. The SMILES string of the molecule is O=C(c1coc(Cl)c1)N1CCN2C(CNS2(=O)=O)C1. The van der Waals surface area contributed by atoms with E-state index in [1.54, 1.807) is 4.90 Å². The molecular formula is C10H12ClN3O4S. The second-order valence-corrected chi connectivity index (χ2v) is 6.59. The van der Waals surface area contributed by atoms with Gasteiger partial charge >= 0.3 is 0 Å². The molecule has 1 amide bonds. The maximum atomic E-state index is 12.2. The third-order valence-electron chi connectivity index (χ3n) is 3.34. The van der Waals surface area contributed by atoms with Gasteiger partial charge in [0.05, 0.1) is 11.6 Å². The fourth-order valence-corrected chi connectivity index (χ4v) is 3.98. The number of amides is 1. The zero-order valence-electron chi connectivity index (χ0n) is 9.87. The Labute approximate surface area is 115 Å². The molecule has 1 unspecified atom stereocenters. The summed E-state index contributed by atoms with van der Waals surface area (Å²) >= 11 is 5.63. The van der Waals surface area contributed by atoms with Crippen molar-refractivity contribution < 1.29 is 17.6 Å². The van der Waals surface area contributed by atoms with Crippen molar-refractivity contribution in [1.29, 1.82) is 0 Å². The Bertz CT molecular complexity index is 614. The topological polar surface area (TPSA) is 82.9 Å². The second-order valence-electron chi connectivity index (χ2n) is 4.51. The fourth-order valence-electron chi connectivity index (χ4n) is 2.40. The lowest BCUT2D eigenvalue weighted by molar-refractivity contribution is 0.0648. The van der Waals surface area contributed by atoms with E-state index in [9.17, 15) is 13.2 Å². The first-order valence-electron chi connectivity index (χ1n) is 5.77. The molecule has 0 saturated carbocycles. The van der Waals surface area contributed by atoms with Crippen molar-refractivity contribution in [3.8, 4) is 0 Å². The zero-order valence-corrected chi connectivity index (χ0v) is 11.4. The Morgan fingerprint density at radius 2 is 2.26 bits per heavy atom. The lowest BCUT2D eigenvalue weighted by Crippen LogP contribution is -2.53. The maximum Gasteiger partial charge on any atom is 0.279 e. The summed E-state index contributed by atoms with van der Waals surface area (Å²) in [4.78, 5) is 13.8. The van der Waals surface area contributed by atoms with Gasteiger partial charge in [0, 0.05) is 32.2 Å². The quantitative estimate of drug-likeness (QED) is 0.786. The summed E-state index contributed by atoms with van der Waals surface area (Å²) in [5.41, 5.74) is 0.382. The highest BCUT2D eigenvalue weighted by molar-refractivity contribution is 7.87. The fraction of sp³-hybridized carbons (Fsp3) is 0.500. The molecule has 0 spiro atoms. The first kappa shape index (κ1) is 12.9. The third-order valence-corrected chi connectivity index (χ3v) is 5.17. The monoisotopic (exact) mass is 305 g/mol. The van der Waals surface area contributed by atoms with Crippen LogP contribution in [-0.2, 0) is 10.2 Å². The molecular weight excluding hydrogens is 294 g/mol. The number of rotatable bonds is 1. The van der Waals surface area contributed by atoms with Crippen LogP contribution in [0.3, 0.4) is 0 Å². The van der Waals surface area contributed by atoms with Gasteiger partial charge in [0.1, 0.15) is 6.26 Å². The van der Waals surface area contributed by atoms with Crippen molar-refractivity contribution in [1.82, 2.24) is 13.9 Å². The van der Waals surface area contributed by atoms with Crippen molar-refractivity contribution in [2.75, 3.05) is 26.2 Å². The molecule has 1 N–H and O–H groups in total. The van der Waals surface area contributed by atoms with Crippen LogP contribution < -0.4 is 4.72 Å². The predicted octanol–water partition coefficient (Wildman–Crippen LogP) is -0.0926. The van der Waals surface area contributed by atoms with Crippen LogP contribution in [0, 0.1) is 0 Å². The summed E-state index contributed by atoms with van der Waals surface area (Å²) in [5, 5.41) is 0.159. The molecule has 2 aliphatic rings. The van der Waals surface area contributed by atoms with E-state index in [1.807, 2.05) is 0 Å². The van der Waals surface area contributed by atoms with E-state index in [-0.39, 0.29) is 17.2 Å².